The van der Waals surface area contributed by atoms with E-state index in [1.165, 1.54) is 0 Å². The van der Waals surface area contributed by atoms with Crippen LogP contribution >= 0.6 is 27.5 Å². The molecular weight excluding hydrogens is 376 g/mol. The SMILES string of the molecule is Cc1nc(Nc2ccc(Br)cc2)nc(-c2cc(Cl)ccc2C)n1. The van der Waals surface area contributed by atoms with Gasteiger partial charge in [0.25, 0.3) is 0 Å². The van der Waals surface area contributed by atoms with Crippen LogP contribution < -0.4 is 5.32 Å². The van der Waals surface area contributed by atoms with Gasteiger partial charge in [0.1, 0.15) is 5.82 Å². The van der Waals surface area contributed by atoms with Gasteiger partial charge in [0.05, 0.1) is 0 Å². The smallest absolute Gasteiger partial charge is 0.231 e. The van der Waals surface area contributed by atoms with E-state index < -0.39 is 0 Å². The van der Waals surface area contributed by atoms with Gasteiger partial charge >= 0.3 is 0 Å². The zero-order valence-electron chi connectivity index (χ0n) is 12.6. The summed E-state index contributed by atoms with van der Waals surface area (Å²) in [6.07, 6.45) is 0. The fourth-order valence-electron chi connectivity index (χ4n) is 2.16. The van der Waals surface area contributed by atoms with Gasteiger partial charge in [-0.3, -0.25) is 0 Å². The number of hydrogen-bond donors (Lipinski definition) is 1. The Morgan fingerprint density at radius 2 is 1.70 bits per heavy atom. The number of halogens is 2. The third-order valence-corrected chi connectivity index (χ3v) is 4.05. The first-order valence-electron chi connectivity index (χ1n) is 7.03. The maximum atomic E-state index is 6.10. The molecule has 23 heavy (non-hydrogen) atoms. The average molecular weight is 390 g/mol. The number of rotatable bonds is 3. The second kappa shape index (κ2) is 6.64. The van der Waals surface area contributed by atoms with Crippen molar-refractivity contribution in [3.8, 4) is 11.4 Å². The zero-order valence-corrected chi connectivity index (χ0v) is 15.0. The molecule has 116 valence electrons. The molecule has 0 fully saturated rings. The lowest BCUT2D eigenvalue weighted by molar-refractivity contribution is 0.989. The van der Waals surface area contributed by atoms with Crippen LogP contribution in [0.25, 0.3) is 11.4 Å². The van der Waals surface area contributed by atoms with E-state index >= 15 is 0 Å². The lowest BCUT2D eigenvalue weighted by Crippen LogP contribution is -2.03. The molecule has 3 aromatic rings. The van der Waals surface area contributed by atoms with Crippen LogP contribution in [0.15, 0.2) is 46.9 Å². The van der Waals surface area contributed by atoms with E-state index in [-0.39, 0.29) is 0 Å². The summed E-state index contributed by atoms with van der Waals surface area (Å²) >= 11 is 9.52. The van der Waals surface area contributed by atoms with E-state index in [1.807, 2.05) is 56.3 Å². The van der Waals surface area contributed by atoms with Crippen molar-refractivity contribution in [2.45, 2.75) is 13.8 Å². The van der Waals surface area contributed by atoms with Crippen molar-refractivity contribution >= 4 is 39.2 Å². The molecule has 4 nitrogen and oxygen atoms in total. The molecule has 0 aliphatic rings. The number of nitrogens with one attached hydrogen (secondary N) is 1. The van der Waals surface area contributed by atoms with Gasteiger partial charge in [0.2, 0.25) is 5.95 Å². The van der Waals surface area contributed by atoms with Gasteiger partial charge in [-0.2, -0.15) is 9.97 Å². The van der Waals surface area contributed by atoms with Crippen molar-refractivity contribution in [2.75, 3.05) is 5.32 Å². The lowest BCUT2D eigenvalue weighted by Gasteiger charge is -2.09. The van der Waals surface area contributed by atoms with Gasteiger partial charge in [-0.05, 0) is 55.8 Å². The summed E-state index contributed by atoms with van der Waals surface area (Å²) in [5.74, 6) is 1.76. The molecule has 3 rings (SSSR count). The highest BCUT2D eigenvalue weighted by Crippen LogP contribution is 2.25. The van der Waals surface area contributed by atoms with Crippen molar-refractivity contribution in [1.29, 1.82) is 0 Å². The monoisotopic (exact) mass is 388 g/mol. The molecule has 1 aromatic heterocycles. The lowest BCUT2D eigenvalue weighted by atomic mass is 10.1. The van der Waals surface area contributed by atoms with Crippen LogP contribution in [0, 0.1) is 13.8 Å². The Bertz CT molecular complexity index is 850. The molecule has 0 aliphatic heterocycles. The van der Waals surface area contributed by atoms with Crippen LogP contribution in [0.2, 0.25) is 5.02 Å². The molecule has 0 aliphatic carbocycles. The molecule has 0 atom stereocenters. The Morgan fingerprint density at radius 1 is 0.957 bits per heavy atom. The standard InChI is InChI=1S/C17H14BrClN4/c1-10-3-6-13(19)9-15(10)16-20-11(2)21-17(23-16)22-14-7-4-12(18)5-8-14/h3-9H,1-2H3,(H,20,21,22,23). The average Bonchev–Trinajstić information content (AvgIpc) is 2.51. The summed E-state index contributed by atoms with van der Waals surface area (Å²) < 4.78 is 1.02. The summed E-state index contributed by atoms with van der Waals surface area (Å²) in [6.45, 7) is 3.85. The number of benzene rings is 2. The first kappa shape index (κ1) is 15.9. The van der Waals surface area contributed by atoms with E-state index in [9.17, 15) is 0 Å². The second-order valence-corrected chi connectivity index (χ2v) is 6.47. The van der Waals surface area contributed by atoms with Crippen molar-refractivity contribution < 1.29 is 0 Å². The summed E-state index contributed by atoms with van der Waals surface area (Å²) in [5.41, 5.74) is 2.88. The van der Waals surface area contributed by atoms with Crippen molar-refractivity contribution in [3.05, 3.63) is 63.3 Å². The van der Waals surface area contributed by atoms with Crippen molar-refractivity contribution in [3.63, 3.8) is 0 Å². The van der Waals surface area contributed by atoms with E-state index in [0.29, 0.717) is 22.6 Å². The van der Waals surface area contributed by atoms with Crippen LogP contribution in [0.4, 0.5) is 11.6 Å². The summed E-state index contributed by atoms with van der Waals surface area (Å²) in [7, 11) is 0. The third-order valence-electron chi connectivity index (χ3n) is 3.29. The van der Waals surface area contributed by atoms with Crippen LogP contribution in [-0.4, -0.2) is 15.0 Å². The highest BCUT2D eigenvalue weighted by molar-refractivity contribution is 9.10. The molecule has 1 heterocycles. The van der Waals surface area contributed by atoms with E-state index in [0.717, 1.165) is 21.3 Å². The first-order chi connectivity index (χ1) is 11.0. The fourth-order valence-corrected chi connectivity index (χ4v) is 2.59. The highest BCUT2D eigenvalue weighted by atomic mass is 79.9. The molecule has 6 heteroatoms. The molecule has 1 N–H and O–H groups in total. The topological polar surface area (TPSA) is 50.7 Å². The minimum Gasteiger partial charge on any atom is -0.324 e. The minimum atomic E-state index is 0.509. The molecule has 0 spiro atoms. The normalized spacial score (nSPS) is 10.6. The van der Waals surface area contributed by atoms with E-state index in [2.05, 4.69) is 36.2 Å². The summed E-state index contributed by atoms with van der Waals surface area (Å²) in [6, 6.07) is 13.5. The summed E-state index contributed by atoms with van der Waals surface area (Å²) in [5, 5.41) is 3.86. The predicted molar refractivity (Wildman–Crippen MR) is 97.2 cm³/mol. The van der Waals surface area contributed by atoms with Gasteiger partial charge < -0.3 is 5.32 Å². The van der Waals surface area contributed by atoms with Crippen molar-refractivity contribution in [1.82, 2.24) is 15.0 Å². The number of aromatic nitrogens is 3. The third kappa shape index (κ3) is 3.86. The van der Waals surface area contributed by atoms with Crippen LogP contribution in [0.5, 0.6) is 0 Å². The summed E-state index contributed by atoms with van der Waals surface area (Å²) in [4.78, 5) is 13.3. The molecular formula is C17H14BrClN4. The van der Waals surface area contributed by atoms with Gasteiger partial charge in [-0.25, -0.2) is 4.98 Å². The number of nitrogens with zero attached hydrogens (tertiary/aromatic N) is 3. The van der Waals surface area contributed by atoms with Gasteiger partial charge in [-0.15, -0.1) is 0 Å². The Balaban J connectivity index is 1.99. The van der Waals surface area contributed by atoms with Gasteiger partial charge in [-0.1, -0.05) is 33.6 Å². The maximum absolute atomic E-state index is 6.10. The largest absolute Gasteiger partial charge is 0.324 e. The van der Waals surface area contributed by atoms with Crippen LogP contribution in [0.3, 0.4) is 0 Å². The number of hydrogen-bond acceptors (Lipinski definition) is 4. The van der Waals surface area contributed by atoms with Crippen LogP contribution in [0.1, 0.15) is 11.4 Å². The Kier molecular flexibility index (Phi) is 4.59. The highest BCUT2D eigenvalue weighted by Gasteiger charge is 2.10. The Morgan fingerprint density at radius 3 is 2.43 bits per heavy atom. The number of anilines is 2. The Hall–Kier alpha value is -1.98. The number of aryl methyl sites for hydroxylation is 2. The predicted octanol–water partition coefficient (Wildman–Crippen LogP) is 5.31. The van der Waals surface area contributed by atoms with Gasteiger partial charge in [0, 0.05) is 20.7 Å². The minimum absolute atomic E-state index is 0.509. The Labute approximate surface area is 148 Å². The molecule has 0 amide bonds. The molecule has 0 radical (unpaired) electrons. The van der Waals surface area contributed by atoms with E-state index in [1.54, 1.807) is 0 Å². The molecule has 0 saturated heterocycles. The molecule has 0 unspecified atom stereocenters. The fraction of sp³-hybridized carbons (Fsp3) is 0.118. The molecule has 2 aromatic carbocycles. The van der Waals surface area contributed by atoms with Gasteiger partial charge in [0.15, 0.2) is 5.82 Å². The second-order valence-electron chi connectivity index (χ2n) is 5.12. The maximum Gasteiger partial charge on any atom is 0.231 e. The first-order valence-corrected chi connectivity index (χ1v) is 8.20. The van der Waals surface area contributed by atoms with E-state index in [4.69, 9.17) is 11.6 Å². The van der Waals surface area contributed by atoms with Crippen molar-refractivity contribution in [2.24, 2.45) is 0 Å². The van der Waals surface area contributed by atoms with Crippen LogP contribution in [-0.2, 0) is 0 Å². The zero-order chi connectivity index (χ0) is 16.4. The quantitative estimate of drug-likeness (QED) is 0.659. The molecule has 0 bridgehead atoms. The molecule has 0 saturated carbocycles.